The zero-order chi connectivity index (χ0) is 15.2. The van der Waals surface area contributed by atoms with Crippen molar-refractivity contribution in [3.05, 3.63) is 29.8 Å². The lowest BCUT2D eigenvalue weighted by Crippen LogP contribution is -2.32. The van der Waals surface area contributed by atoms with Crippen molar-refractivity contribution in [2.45, 2.75) is 45.7 Å². The molecular weight excluding hydrogens is 260 g/mol. The van der Waals surface area contributed by atoms with Crippen molar-refractivity contribution in [3.63, 3.8) is 0 Å². The lowest BCUT2D eigenvalue weighted by atomic mass is 10.0. The Balaban J connectivity index is 1.91. The number of hydrogen-bond donors (Lipinski definition) is 1. The van der Waals surface area contributed by atoms with E-state index < -0.39 is 0 Å². The number of nitrogens with one attached hydrogen (secondary N) is 1. The second kappa shape index (κ2) is 7.81. The highest BCUT2D eigenvalue weighted by Gasteiger charge is 2.25. The normalized spacial score (nSPS) is 20.9. The molecular formula is C18H30N2O. The number of hydrogen-bond acceptors (Lipinski definition) is 3. The number of nitrogens with zero attached hydrogens (tertiary/aromatic N) is 1. The van der Waals surface area contributed by atoms with E-state index in [-0.39, 0.29) is 0 Å². The summed E-state index contributed by atoms with van der Waals surface area (Å²) in [5.41, 5.74) is 1.28. The first-order valence-electron chi connectivity index (χ1n) is 8.26. The SMILES string of the molecule is CCC(NCC1CCN(C(C)C)C1)c1ccccc1OC. The van der Waals surface area contributed by atoms with Gasteiger partial charge in [0, 0.05) is 24.2 Å². The number of benzene rings is 1. The van der Waals surface area contributed by atoms with Gasteiger partial charge in [-0.25, -0.2) is 0 Å². The zero-order valence-electron chi connectivity index (χ0n) is 13.9. The van der Waals surface area contributed by atoms with Crippen molar-refractivity contribution < 1.29 is 4.74 Å². The third-order valence-corrected chi connectivity index (χ3v) is 4.62. The molecule has 0 amide bonds. The van der Waals surface area contributed by atoms with Crippen molar-refractivity contribution in [2.24, 2.45) is 5.92 Å². The Morgan fingerprint density at radius 1 is 1.33 bits per heavy atom. The molecule has 0 spiro atoms. The minimum atomic E-state index is 0.384. The molecule has 0 radical (unpaired) electrons. The molecule has 1 heterocycles. The predicted octanol–water partition coefficient (Wildman–Crippen LogP) is 3.47. The molecule has 2 rings (SSSR count). The van der Waals surface area contributed by atoms with E-state index in [2.05, 4.69) is 49.2 Å². The van der Waals surface area contributed by atoms with E-state index in [0.717, 1.165) is 24.6 Å². The van der Waals surface area contributed by atoms with E-state index in [1.807, 2.05) is 6.07 Å². The summed E-state index contributed by atoms with van der Waals surface area (Å²) >= 11 is 0. The van der Waals surface area contributed by atoms with E-state index in [1.54, 1.807) is 7.11 Å². The average molecular weight is 290 g/mol. The van der Waals surface area contributed by atoms with Crippen LogP contribution in [-0.4, -0.2) is 37.7 Å². The molecule has 0 bridgehead atoms. The first kappa shape index (κ1) is 16.3. The second-order valence-electron chi connectivity index (χ2n) is 6.35. The minimum absolute atomic E-state index is 0.384. The minimum Gasteiger partial charge on any atom is -0.496 e. The molecule has 1 N–H and O–H groups in total. The number of ether oxygens (including phenoxy) is 1. The van der Waals surface area contributed by atoms with Crippen LogP contribution < -0.4 is 10.1 Å². The summed E-state index contributed by atoms with van der Waals surface area (Å²) < 4.78 is 5.50. The first-order valence-corrected chi connectivity index (χ1v) is 8.26. The van der Waals surface area contributed by atoms with Crippen LogP contribution in [0, 0.1) is 5.92 Å². The van der Waals surface area contributed by atoms with Gasteiger partial charge in [0.25, 0.3) is 0 Å². The van der Waals surface area contributed by atoms with Crippen molar-refractivity contribution in [3.8, 4) is 5.75 Å². The van der Waals surface area contributed by atoms with Gasteiger partial charge >= 0.3 is 0 Å². The van der Waals surface area contributed by atoms with Gasteiger partial charge < -0.3 is 15.0 Å². The summed E-state index contributed by atoms with van der Waals surface area (Å²) in [5, 5.41) is 3.76. The molecule has 0 aliphatic carbocycles. The average Bonchev–Trinajstić information content (AvgIpc) is 2.97. The van der Waals surface area contributed by atoms with Gasteiger partial charge in [-0.1, -0.05) is 25.1 Å². The Labute approximate surface area is 129 Å². The quantitative estimate of drug-likeness (QED) is 0.832. The van der Waals surface area contributed by atoms with Crippen molar-refractivity contribution in [2.75, 3.05) is 26.7 Å². The van der Waals surface area contributed by atoms with E-state index in [0.29, 0.717) is 12.1 Å². The Morgan fingerprint density at radius 2 is 2.10 bits per heavy atom. The maximum Gasteiger partial charge on any atom is 0.123 e. The van der Waals surface area contributed by atoms with E-state index in [4.69, 9.17) is 4.74 Å². The third-order valence-electron chi connectivity index (χ3n) is 4.62. The molecule has 0 aromatic heterocycles. The molecule has 1 aliphatic heterocycles. The van der Waals surface area contributed by atoms with Crippen LogP contribution in [0.2, 0.25) is 0 Å². The summed E-state index contributed by atoms with van der Waals surface area (Å²) in [6.07, 6.45) is 2.40. The highest BCUT2D eigenvalue weighted by molar-refractivity contribution is 5.35. The van der Waals surface area contributed by atoms with Gasteiger partial charge in [-0.05, 0) is 51.8 Å². The molecule has 3 nitrogen and oxygen atoms in total. The molecule has 21 heavy (non-hydrogen) atoms. The maximum atomic E-state index is 5.50. The van der Waals surface area contributed by atoms with Gasteiger partial charge in [-0.15, -0.1) is 0 Å². The Kier molecular flexibility index (Phi) is 6.07. The van der Waals surface area contributed by atoms with Crippen LogP contribution in [-0.2, 0) is 0 Å². The smallest absolute Gasteiger partial charge is 0.123 e. The summed E-state index contributed by atoms with van der Waals surface area (Å²) in [6, 6.07) is 9.41. The standard InChI is InChI=1S/C18H30N2O/c1-5-17(16-8-6-7-9-18(16)21-4)19-12-15-10-11-20(13-15)14(2)3/h6-9,14-15,17,19H,5,10-13H2,1-4H3. The number of rotatable bonds is 7. The van der Waals surface area contributed by atoms with Gasteiger partial charge in [0.2, 0.25) is 0 Å². The topological polar surface area (TPSA) is 24.5 Å². The van der Waals surface area contributed by atoms with Crippen LogP contribution in [0.5, 0.6) is 5.75 Å². The predicted molar refractivity (Wildman–Crippen MR) is 88.8 cm³/mol. The van der Waals surface area contributed by atoms with Crippen LogP contribution in [0.15, 0.2) is 24.3 Å². The van der Waals surface area contributed by atoms with Crippen LogP contribution in [0.25, 0.3) is 0 Å². The van der Waals surface area contributed by atoms with Crippen LogP contribution >= 0.6 is 0 Å². The van der Waals surface area contributed by atoms with Gasteiger partial charge in [-0.2, -0.15) is 0 Å². The van der Waals surface area contributed by atoms with Crippen LogP contribution in [0.4, 0.5) is 0 Å². The lowest BCUT2D eigenvalue weighted by molar-refractivity contribution is 0.262. The molecule has 118 valence electrons. The molecule has 1 fully saturated rings. The van der Waals surface area contributed by atoms with Gasteiger partial charge in [0.1, 0.15) is 5.75 Å². The van der Waals surface area contributed by atoms with E-state index >= 15 is 0 Å². The summed E-state index contributed by atoms with van der Waals surface area (Å²) in [6.45, 7) is 10.4. The van der Waals surface area contributed by atoms with Crippen LogP contribution in [0.1, 0.15) is 45.2 Å². The Bertz CT molecular complexity index is 433. The van der Waals surface area contributed by atoms with Crippen LogP contribution in [0.3, 0.4) is 0 Å². The molecule has 1 saturated heterocycles. The summed E-state index contributed by atoms with van der Waals surface area (Å²) in [4.78, 5) is 2.58. The van der Waals surface area contributed by atoms with Crippen molar-refractivity contribution in [1.29, 1.82) is 0 Å². The van der Waals surface area contributed by atoms with Crippen molar-refractivity contribution >= 4 is 0 Å². The van der Waals surface area contributed by atoms with E-state index in [9.17, 15) is 0 Å². The largest absolute Gasteiger partial charge is 0.496 e. The fraction of sp³-hybridized carbons (Fsp3) is 0.667. The fourth-order valence-corrected chi connectivity index (χ4v) is 3.24. The molecule has 1 aliphatic rings. The number of methoxy groups -OCH3 is 1. The van der Waals surface area contributed by atoms with Gasteiger partial charge in [-0.3, -0.25) is 0 Å². The van der Waals surface area contributed by atoms with Gasteiger partial charge in [0.05, 0.1) is 7.11 Å². The highest BCUT2D eigenvalue weighted by atomic mass is 16.5. The molecule has 2 unspecified atom stereocenters. The van der Waals surface area contributed by atoms with E-state index in [1.165, 1.54) is 25.1 Å². The molecule has 1 aromatic carbocycles. The maximum absolute atomic E-state index is 5.50. The van der Waals surface area contributed by atoms with Crippen molar-refractivity contribution in [1.82, 2.24) is 10.2 Å². The molecule has 2 atom stereocenters. The Hall–Kier alpha value is -1.06. The molecule has 0 saturated carbocycles. The monoisotopic (exact) mass is 290 g/mol. The molecule has 3 heteroatoms. The highest BCUT2D eigenvalue weighted by Crippen LogP contribution is 2.27. The number of para-hydroxylation sites is 1. The zero-order valence-corrected chi connectivity index (χ0v) is 13.9. The summed E-state index contributed by atoms with van der Waals surface area (Å²) in [7, 11) is 1.75. The molecule has 1 aromatic rings. The van der Waals surface area contributed by atoms with Gasteiger partial charge in [0.15, 0.2) is 0 Å². The Morgan fingerprint density at radius 3 is 2.71 bits per heavy atom. The fourth-order valence-electron chi connectivity index (χ4n) is 3.24. The summed E-state index contributed by atoms with van der Waals surface area (Å²) in [5.74, 6) is 1.77. The number of likely N-dealkylation sites (tertiary alicyclic amines) is 1. The second-order valence-corrected chi connectivity index (χ2v) is 6.35. The first-order chi connectivity index (χ1) is 10.2. The third kappa shape index (κ3) is 4.21. The lowest BCUT2D eigenvalue weighted by Gasteiger charge is -2.23.